The predicted octanol–water partition coefficient (Wildman–Crippen LogP) is 3.09. The second-order valence-corrected chi connectivity index (χ2v) is 5.22. The van der Waals surface area contributed by atoms with Crippen molar-refractivity contribution in [2.45, 2.75) is 46.5 Å². The molecule has 0 N–H and O–H groups in total. The standard InChI is InChI=1S/C14H32N2/c1-6-16(7-2)13-9-11-14(3)10-8-12-15(4)5/h14H,6-13H2,1-5H3. The van der Waals surface area contributed by atoms with Crippen LogP contribution in [0.25, 0.3) is 0 Å². The fourth-order valence-electron chi connectivity index (χ4n) is 2.10. The number of hydrogen-bond donors (Lipinski definition) is 0. The van der Waals surface area contributed by atoms with Crippen molar-refractivity contribution >= 4 is 0 Å². The van der Waals surface area contributed by atoms with E-state index in [2.05, 4.69) is 44.7 Å². The van der Waals surface area contributed by atoms with Gasteiger partial charge in [0.2, 0.25) is 0 Å². The molecule has 0 spiro atoms. The number of nitrogens with zero attached hydrogens (tertiary/aromatic N) is 2. The highest BCUT2D eigenvalue weighted by molar-refractivity contribution is 4.58. The Bertz CT molecular complexity index is 142. The van der Waals surface area contributed by atoms with E-state index in [1.807, 2.05) is 0 Å². The van der Waals surface area contributed by atoms with E-state index in [1.54, 1.807) is 0 Å². The molecule has 98 valence electrons. The molecule has 0 radical (unpaired) electrons. The van der Waals surface area contributed by atoms with Crippen LogP contribution in [0.1, 0.15) is 46.5 Å². The second-order valence-electron chi connectivity index (χ2n) is 5.22. The molecular formula is C14H32N2. The van der Waals surface area contributed by atoms with Crippen LogP contribution in [0.2, 0.25) is 0 Å². The lowest BCUT2D eigenvalue weighted by Gasteiger charge is -2.19. The van der Waals surface area contributed by atoms with Crippen molar-refractivity contribution in [3.05, 3.63) is 0 Å². The molecule has 0 aliphatic carbocycles. The molecule has 0 aromatic heterocycles. The topological polar surface area (TPSA) is 6.48 Å². The molecule has 0 bridgehead atoms. The summed E-state index contributed by atoms with van der Waals surface area (Å²) in [5.41, 5.74) is 0. The lowest BCUT2D eigenvalue weighted by atomic mass is 9.99. The monoisotopic (exact) mass is 228 g/mol. The van der Waals surface area contributed by atoms with Gasteiger partial charge in [-0.15, -0.1) is 0 Å². The van der Waals surface area contributed by atoms with Gasteiger partial charge in [-0.3, -0.25) is 0 Å². The summed E-state index contributed by atoms with van der Waals surface area (Å²) in [5, 5.41) is 0. The Morgan fingerprint density at radius 3 is 1.81 bits per heavy atom. The molecule has 0 rings (SSSR count). The molecule has 0 heterocycles. The van der Waals surface area contributed by atoms with Crippen LogP contribution in [0, 0.1) is 5.92 Å². The van der Waals surface area contributed by atoms with Gasteiger partial charge in [-0.1, -0.05) is 20.8 Å². The highest BCUT2D eigenvalue weighted by Gasteiger charge is 2.04. The van der Waals surface area contributed by atoms with E-state index in [1.165, 1.54) is 51.9 Å². The van der Waals surface area contributed by atoms with E-state index < -0.39 is 0 Å². The first-order valence-electron chi connectivity index (χ1n) is 6.97. The molecule has 0 saturated heterocycles. The summed E-state index contributed by atoms with van der Waals surface area (Å²) in [7, 11) is 4.32. The van der Waals surface area contributed by atoms with Crippen LogP contribution in [0.4, 0.5) is 0 Å². The molecule has 0 aliphatic rings. The Hall–Kier alpha value is -0.0800. The van der Waals surface area contributed by atoms with Crippen LogP contribution >= 0.6 is 0 Å². The molecule has 1 unspecified atom stereocenters. The van der Waals surface area contributed by atoms with Crippen molar-refractivity contribution in [3.63, 3.8) is 0 Å². The summed E-state index contributed by atoms with van der Waals surface area (Å²) in [6.07, 6.45) is 5.49. The third-order valence-corrected chi connectivity index (χ3v) is 3.37. The molecule has 0 fully saturated rings. The number of hydrogen-bond acceptors (Lipinski definition) is 2. The third-order valence-electron chi connectivity index (χ3n) is 3.37. The Labute approximate surface area is 103 Å². The predicted molar refractivity (Wildman–Crippen MR) is 74.0 cm³/mol. The maximum atomic E-state index is 2.52. The van der Waals surface area contributed by atoms with Crippen LogP contribution < -0.4 is 0 Å². The molecule has 2 nitrogen and oxygen atoms in total. The quantitative estimate of drug-likeness (QED) is 0.567. The zero-order valence-electron chi connectivity index (χ0n) is 12.1. The highest BCUT2D eigenvalue weighted by atomic mass is 15.1. The van der Waals surface area contributed by atoms with Gasteiger partial charge in [-0.05, 0) is 71.9 Å². The molecule has 2 heteroatoms. The summed E-state index contributed by atoms with van der Waals surface area (Å²) >= 11 is 0. The largest absolute Gasteiger partial charge is 0.309 e. The van der Waals surface area contributed by atoms with Gasteiger partial charge < -0.3 is 9.80 Å². The minimum atomic E-state index is 0.899. The van der Waals surface area contributed by atoms with E-state index in [0.29, 0.717) is 0 Å². The molecule has 0 aliphatic heterocycles. The van der Waals surface area contributed by atoms with E-state index in [-0.39, 0.29) is 0 Å². The zero-order valence-corrected chi connectivity index (χ0v) is 12.1. The maximum absolute atomic E-state index is 2.52. The first-order valence-corrected chi connectivity index (χ1v) is 6.97. The zero-order chi connectivity index (χ0) is 12.4. The summed E-state index contributed by atoms with van der Waals surface area (Å²) in [6, 6.07) is 0. The van der Waals surface area contributed by atoms with Crippen molar-refractivity contribution in [1.82, 2.24) is 9.80 Å². The van der Waals surface area contributed by atoms with Crippen LogP contribution in [0.3, 0.4) is 0 Å². The van der Waals surface area contributed by atoms with Crippen molar-refractivity contribution in [3.8, 4) is 0 Å². The lowest BCUT2D eigenvalue weighted by molar-refractivity contribution is 0.283. The highest BCUT2D eigenvalue weighted by Crippen LogP contribution is 2.13. The van der Waals surface area contributed by atoms with Gasteiger partial charge in [-0.2, -0.15) is 0 Å². The van der Waals surface area contributed by atoms with Crippen LogP contribution in [0.15, 0.2) is 0 Å². The van der Waals surface area contributed by atoms with Crippen molar-refractivity contribution in [1.29, 1.82) is 0 Å². The average Bonchev–Trinajstić information content (AvgIpc) is 2.24. The summed E-state index contributed by atoms with van der Waals surface area (Å²) in [4.78, 5) is 4.80. The first kappa shape index (κ1) is 15.9. The summed E-state index contributed by atoms with van der Waals surface area (Å²) in [6.45, 7) is 11.8. The van der Waals surface area contributed by atoms with Crippen molar-refractivity contribution in [2.75, 3.05) is 40.3 Å². The van der Waals surface area contributed by atoms with Gasteiger partial charge in [0.25, 0.3) is 0 Å². The molecule has 16 heavy (non-hydrogen) atoms. The Morgan fingerprint density at radius 2 is 1.38 bits per heavy atom. The SMILES string of the molecule is CCN(CC)CCCC(C)CCCN(C)C. The summed E-state index contributed by atoms with van der Waals surface area (Å²) in [5.74, 6) is 0.899. The molecule has 0 aromatic rings. The molecular weight excluding hydrogens is 196 g/mol. The Kier molecular flexibility index (Phi) is 10.0. The Balaban J connectivity index is 3.39. The second kappa shape index (κ2) is 10.1. The minimum Gasteiger partial charge on any atom is -0.309 e. The fraction of sp³-hybridized carbons (Fsp3) is 1.00. The number of rotatable bonds is 10. The first-order chi connectivity index (χ1) is 7.60. The van der Waals surface area contributed by atoms with E-state index in [0.717, 1.165) is 5.92 Å². The van der Waals surface area contributed by atoms with Crippen molar-refractivity contribution in [2.24, 2.45) is 5.92 Å². The maximum Gasteiger partial charge on any atom is -0.00189 e. The van der Waals surface area contributed by atoms with Crippen LogP contribution in [-0.4, -0.2) is 50.1 Å². The average molecular weight is 228 g/mol. The summed E-state index contributed by atoms with van der Waals surface area (Å²) < 4.78 is 0. The van der Waals surface area contributed by atoms with E-state index in [4.69, 9.17) is 0 Å². The minimum absolute atomic E-state index is 0.899. The van der Waals surface area contributed by atoms with E-state index >= 15 is 0 Å². The molecule has 0 saturated carbocycles. The van der Waals surface area contributed by atoms with Gasteiger partial charge in [0.15, 0.2) is 0 Å². The molecule has 0 amide bonds. The van der Waals surface area contributed by atoms with Crippen LogP contribution in [0.5, 0.6) is 0 Å². The fourth-order valence-corrected chi connectivity index (χ4v) is 2.10. The molecule has 1 atom stereocenters. The van der Waals surface area contributed by atoms with Gasteiger partial charge in [0.05, 0.1) is 0 Å². The van der Waals surface area contributed by atoms with Gasteiger partial charge in [-0.25, -0.2) is 0 Å². The van der Waals surface area contributed by atoms with Gasteiger partial charge in [0, 0.05) is 0 Å². The van der Waals surface area contributed by atoms with E-state index in [9.17, 15) is 0 Å². The van der Waals surface area contributed by atoms with Gasteiger partial charge >= 0.3 is 0 Å². The Morgan fingerprint density at radius 1 is 0.875 bits per heavy atom. The lowest BCUT2D eigenvalue weighted by Crippen LogP contribution is -2.24. The van der Waals surface area contributed by atoms with Crippen LogP contribution in [-0.2, 0) is 0 Å². The molecule has 0 aromatic carbocycles. The smallest absolute Gasteiger partial charge is 0.00189 e. The van der Waals surface area contributed by atoms with Crippen molar-refractivity contribution < 1.29 is 0 Å². The van der Waals surface area contributed by atoms with Gasteiger partial charge in [0.1, 0.15) is 0 Å². The third kappa shape index (κ3) is 9.17. The normalized spacial score (nSPS) is 13.7.